The summed E-state index contributed by atoms with van der Waals surface area (Å²) in [6, 6.07) is 6.59. The highest BCUT2D eigenvalue weighted by Crippen LogP contribution is 2.24. The molecule has 7 heteroatoms. The number of aromatic nitrogens is 1. The summed E-state index contributed by atoms with van der Waals surface area (Å²) in [6.07, 6.45) is 4.44. The van der Waals surface area contributed by atoms with Crippen molar-refractivity contribution in [3.05, 3.63) is 46.4 Å². The Morgan fingerprint density at radius 1 is 1.16 bits per heavy atom. The number of furan rings is 1. The summed E-state index contributed by atoms with van der Waals surface area (Å²) in [5, 5.41) is 5.55. The SMILES string of the molecule is CNC(=O)C1CCC(NC(=O)c2ccc(-c3ccco3)[nH]c2=O)CC1. The van der Waals surface area contributed by atoms with Gasteiger partial charge in [0.1, 0.15) is 11.3 Å². The molecule has 0 spiro atoms. The average molecular weight is 343 g/mol. The molecule has 2 heterocycles. The van der Waals surface area contributed by atoms with Crippen molar-refractivity contribution >= 4 is 11.8 Å². The van der Waals surface area contributed by atoms with E-state index in [1.54, 1.807) is 25.2 Å². The van der Waals surface area contributed by atoms with Crippen molar-refractivity contribution < 1.29 is 14.0 Å². The Morgan fingerprint density at radius 2 is 1.92 bits per heavy atom. The van der Waals surface area contributed by atoms with Crippen molar-refractivity contribution in [3.8, 4) is 11.5 Å². The van der Waals surface area contributed by atoms with Crippen LogP contribution in [0.1, 0.15) is 36.0 Å². The van der Waals surface area contributed by atoms with Crippen LogP contribution in [-0.4, -0.2) is 29.9 Å². The van der Waals surface area contributed by atoms with Crippen molar-refractivity contribution in [2.24, 2.45) is 5.92 Å². The number of pyridine rings is 1. The standard InChI is InChI=1S/C18H21N3O4/c1-19-16(22)11-4-6-12(7-5-11)20-17(23)13-8-9-14(21-18(13)24)15-3-2-10-25-15/h2-3,8-12H,4-7H2,1H3,(H,19,22)(H,20,23)(H,21,24). The van der Waals surface area contributed by atoms with Gasteiger partial charge in [-0.1, -0.05) is 0 Å². The van der Waals surface area contributed by atoms with Crippen LogP contribution in [0.5, 0.6) is 0 Å². The molecule has 132 valence electrons. The van der Waals surface area contributed by atoms with Crippen LogP contribution in [0.25, 0.3) is 11.5 Å². The number of amides is 2. The van der Waals surface area contributed by atoms with E-state index >= 15 is 0 Å². The Labute approximate surface area is 144 Å². The summed E-state index contributed by atoms with van der Waals surface area (Å²) in [4.78, 5) is 38.9. The maximum Gasteiger partial charge on any atom is 0.261 e. The first-order valence-corrected chi connectivity index (χ1v) is 8.38. The highest BCUT2D eigenvalue weighted by atomic mass is 16.3. The second-order valence-electron chi connectivity index (χ2n) is 6.23. The molecule has 1 fully saturated rings. The molecule has 2 amide bonds. The molecule has 3 rings (SSSR count). The van der Waals surface area contributed by atoms with Gasteiger partial charge < -0.3 is 20.0 Å². The molecule has 1 aliphatic rings. The Bertz CT molecular complexity index is 802. The van der Waals surface area contributed by atoms with Gasteiger partial charge in [-0.25, -0.2) is 0 Å². The van der Waals surface area contributed by atoms with Crippen LogP contribution < -0.4 is 16.2 Å². The van der Waals surface area contributed by atoms with Crippen molar-refractivity contribution in [2.45, 2.75) is 31.7 Å². The van der Waals surface area contributed by atoms with Gasteiger partial charge in [0.05, 0.1) is 12.0 Å². The zero-order valence-corrected chi connectivity index (χ0v) is 14.0. The van der Waals surface area contributed by atoms with E-state index in [1.165, 1.54) is 12.3 Å². The Balaban J connectivity index is 1.62. The third-order valence-corrected chi connectivity index (χ3v) is 4.62. The van der Waals surface area contributed by atoms with Crippen LogP contribution in [0.4, 0.5) is 0 Å². The van der Waals surface area contributed by atoms with Crippen LogP contribution in [0.15, 0.2) is 39.7 Å². The molecule has 1 aliphatic carbocycles. The maximum absolute atomic E-state index is 12.4. The third-order valence-electron chi connectivity index (χ3n) is 4.62. The van der Waals surface area contributed by atoms with Gasteiger partial charge in [-0.15, -0.1) is 0 Å². The molecule has 0 unspecified atom stereocenters. The maximum atomic E-state index is 12.4. The van der Waals surface area contributed by atoms with E-state index in [9.17, 15) is 14.4 Å². The van der Waals surface area contributed by atoms with Crippen LogP contribution in [-0.2, 0) is 4.79 Å². The first-order valence-electron chi connectivity index (χ1n) is 8.38. The van der Waals surface area contributed by atoms with E-state index in [0.29, 0.717) is 11.5 Å². The lowest BCUT2D eigenvalue weighted by atomic mass is 9.85. The zero-order valence-electron chi connectivity index (χ0n) is 14.0. The van der Waals surface area contributed by atoms with E-state index in [2.05, 4.69) is 15.6 Å². The number of carbonyl (C=O) groups excluding carboxylic acids is 2. The summed E-state index contributed by atoms with van der Waals surface area (Å²) < 4.78 is 5.23. The summed E-state index contributed by atoms with van der Waals surface area (Å²) in [5.41, 5.74) is 0.145. The van der Waals surface area contributed by atoms with E-state index in [0.717, 1.165) is 25.7 Å². The lowest BCUT2D eigenvalue weighted by molar-refractivity contribution is -0.125. The number of aromatic amines is 1. The van der Waals surface area contributed by atoms with Crippen molar-refractivity contribution in [1.82, 2.24) is 15.6 Å². The van der Waals surface area contributed by atoms with Gasteiger partial charge in [-0.3, -0.25) is 14.4 Å². The second-order valence-corrected chi connectivity index (χ2v) is 6.23. The molecule has 3 N–H and O–H groups in total. The van der Waals surface area contributed by atoms with Crippen LogP contribution in [0, 0.1) is 5.92 Å². The van der Waals surface area contributed by atoms with Crippen LogP contribution >= 0.6 is 0 Å². The number of nitrogens with one attached hydrogen (secondary N) is 3. The average Bonchev–Trinajstić information content (AvgIpc) is 3.16. The molecule has 0 radical (unpaired) electrons. The molecule has 2 aromatic rings. The first kappa shape index (κ1) is 17.0. The quantitative estimate of drug-likeness (QED) is 0.785. The number of H-pyrrole nitrogens is 1. The largest absolute Gasteiger partial charge is 0.463 e. The number of carbonyl (C=O) groups is 2. The topological polar surface area (TPSA) is 104 Å². The summed E-state index contributed by atoms with van der Waals surface area (Å²) in [7, 11) is 1.63. The van der Waals surface area contributed by atoms with E-state index in [1.807, 2.05) is 0 Å². The normalized spacial score (nSPS) is 20.0. The minimum absolute atomic E-state index is 0.00846. The predicted molar refractivity (Wildman–Crippen MR) is 92.0 cm³/mol. The van der Waals surface area contributed by atoms with Crippen LogP contribution in [0.2, 0.25) is 0 Å². The fourth-order valence-corrected chi connectivity index (χ4v) is 3.20. The Kier molecular flexibility index (Phi) is 5.02. The minimum Gasteiger partial charge on any atom is -0.463 e. The molecule has 2 aromatic heterocycles. The predicted octanol–water partition coefficient (Wildman–Crippen LogP) is 1.67. The zero-order chi connectivity index (χ0) is 17.8. The minimum atomic E-state index is -0.453. The molecular formula is C18H21N3O4. The number of rotatable bonds is 4. The Hall–Kier alpha value is -2.83. The Morgan fingerprint density at radius 3 is 2.52 bits per heavy atom. The summed E-state index contributed by atoms with van der Waals surface area (Å²) in [5.74, 6) is 0.205. The van der Waals surface area contributed by atoms with Crippen molar-refractivity contribution in [3.63, 3.8) is 0 Å². The molecule has 0 atom stereocenters. The van der Waals surface area contributed by atoms with Crippen molar-refractivity contribution in [2.75, 3.05) is 7.05 Å². The molecule has 0 bridgehead atoms. The number of hydrogen-bond acceptors (Lipinski definition) is 4. The molecular weight excluding hydrogens is 322 g/mol. The van der Waals surface area contributed by atoms with Gasteiger partial charge in [0, 0.05) is 19.0 Å². The lowest BCUT2D eigenvalue weighted by Gasteiger charge is -2.28. The van der Waals surface area contributed by atoms with Crippen molar-refractivity contribution in [1.29, 1.82) is 0 Å². The smallest absolute Gasteiger partial charge is 0.261 e. The number of hydrogen-bond donors (Lipinski definition) is 3. The fraction of sp³-hybridized carbons (Fsp3) is 0.389. The van der Waals surface area contributed by atoms with Gasteiger partial charge in [0.25, 0.3) is 11.5 Å². The molecule has 25 heavy (non-hydrogen) atoms. The van der Waals surface area contributed by atoms with E-state index in [-0.39, 0.29) is 23.4 Å². The molecule has 1 saturated carbocycles. The lowest BCUT2D eigenvalue weighted by Crippen LogP contribution is -2.41. The van der Waals surface area contributed by atoms with Gasteiger partial charge >= 0.3 is 0 Å². The first-order chi connectivity index (χ1) is 12.1. The molecule has 0 aliphatic heterocycles. The van der Waals surface area contributed by atoms with E-state index < -0.39 is 11.5 Å². The summed E-state index contributed by atoms with van der Waals surface area (Å²) in [6.45, 7) is 0. The fourth-order valence-electron chi connectivity index (χ4n) is 3.20. The van der Waals surface area contributed by atoms with Crippen LogP contribution in [0.3, 0.4) is 0 Å². The molecule has 7 nitrogen and oxygen atoms in total. The third kappa shape index (κ3) is 3.81. The highest BCUT2D eigenvalue weighted by Gasteiger charge is 2.27. The second kappa shape index (κ2) is 7.38. The van der Waals surface area contributed by atoms with E-state index in [4.69, 9.17) is 4.42 Å². The molecule has 0 saturated heterocycles. The summed E-state index contributed by atoms with van der Waals surface area (Å²) >= 11 is 0. The highest BCUT2D eigenvalue weighted by molar-refractivity contribution is 5.94. The monoisotopic (exact) mass is 343 g/mol. The van der Waals surface area contributed by atoms with Gasteiger partial charge in [-0.05, 0) is 49.9 Å². The van der Waals surface area contributed by atoms with Gasteiger partial charge in [0.2, 0.25) is 5.91 Å². The van der Waals surface area contributed by atoms with Gasteiger partial charge in [-0.2, -0.15) is 0 Å². The van der Waals surface area contributed by atoms with Gasteiger partial charge in [0.15, 0.2) is 0 Å². The molecule has 0 aromatic carbocycles.